The fourth-order valence-electron chi connectivity index (χ4n) is 11.0. The zero-order valence-corrected chi connectivity index (χ0v) is 58.3. The van der Waals surface area contributed by atoms with Gasteiger partial charge in [-0.15, -0.1) is 0 Å². The van der Waals surface area contributed by atoms with Gasteiger partial charge < -0.3 is 63.5 Å². The summed E-state index contributed by atoms with van der Waals surface area (Å²) in [5.74, 6) is -0.751. The monoisotopic (exact) mass is 1370 g/mol. The number of aliphatic carboxylic acids is 1. The van der Waals surface area contributed by atoms with Crippen molar-refractivity contribution in [2.75, 3.05) is 0 Å². The van der Waals surface area contributed by atoms with Crippen LogP contribution in [0, 0.1) is 40.9 Å². The number of ketones is 4. The average Bonchev–Trinajstić information content (AvgIpc) is 1.82. The summed E-state index contributed by atoms with van der Waals surface area (Å²) in [7, 11) is 0. The molecule has 0 fully saturated rings. The number of carboxylic acid groups (broad SMARTS) is 1. The largest absolute Gasteiger partial charge is 0.508 e. The van der Waals surface area contributed by atoms with Crippen LogP contribution in [-0.4, -0.2) is 157 Å². The van der Waals surface area contributed by atoms with E-state index in [-0.39, 0.29) is 81.7 Å². The van der Waals surface area contributed by atoms with E-state index in [2.05, 4.69) is 82.1 Å². The molecule has 0 spiro atoms. The van der Waals surface area contributed by atoms with Crippen molar-refractivity contribution in [3.8, 4) is 29.4 Å². The van der Waals surface area contributed by atoms with E-state index < -0.39 is 161 Å². The SMILES string of the molecule is CC(=O)C[C@]1(C)CCCCC#CC#CCCC[C@@](C)(C(=O)NC(C)C(=O)N[C@@H](C)C(=O)NC(C)C(=O)N[C@@H](C)C(=O)C(=O)[C@H](C)NN[C@H](C)C(N)=O)NC(=O)[C@H](CC(C)C)CCC(=O)[C@H](Cc2c[nH]c3ccccc23)NC(=O)C(Cc2ccc(O)cc2)NC(=O)[C@H](CCC(=O)O)NC1=O. The quantitative estimate of drug-likeness (QED) is 0.0311. The highest BCUT2D eigenvalue weighted by molar-refractivity contribution is 6.41. The van der Waals surface area contributed by atoms with Crippen LogP contribution in [-0.2, 0) is 80.0 Å². The van der Waals surface area contributed by atoms with E-state index in [1.807, 2.05) is 32.0 Å². The van der Waals surface area contributed by atoms with Gasteiger partial charge in [-0.1, -0.05) is 69.4 Å². The summed E-state index contributed by atoms with van der Waals surface area (Å²) in [5, 5.41) is 41.8. The minimum atomic E-state index is -1.74. The number of rotatable bonds is 26. The van der Waals surface area contributed by atoms with Gasteiger partial charge in [0.2, 0.25) is 64.7 Å². The molecule has 99 heavy (non-hydrogen) atoms. The molecule has 9 amide bonds. The molecular weight excluding hydrogens is 1280 g/mol. The van der Waals surface area contributed by atoms with Crippen LogP contribution in [0.5, 0.6) is 5.75 Å². The molecule has 3 unspecified atom stereocenters. The molecule has 12 atom stereocenters. The van der Waals surface area contributed by atoms with Crippen molar-refractivity contribution in [2.45, 2.75) is 232 Å². The van der Waals surface area contributed by atoms with Crippen molar-refractivity contribution >= 4 is 93.2 Å². The van der Waals surface area contributed by atoms with Crippen molar-refractivity contribution < 1.29 is 77.3 Å². The number of Topliss-reactive ketones (excluding diaryl/α,β-unsaturated/α-hetero) is 4. The van der Waals surface area contributed by atoms with Crippen LogP contribution in [0.4, 0.5) is 0 Å². The molecule has 538 valence electrons. The Morgan fingerprint density at radius 1 is 0.636 bits per heavy atom. The number of hydrazine groups is 1. The molecule has 0 saturated carbocycles. The second-order valence-electron chi connectivity index (χ2n) is 26.5. The summed E-state index contributed by atoms with van der Waals surface area (Å²) in [5.41, 5.74) is 8.95. The van der Waals surface area contributed by atoms with Crippen molar-refractivity contribution in [1.29, 1.82) is 0 Å². The minimum absolute atomic E-state index is 0.0255. The van der Waals surface area contributed by atoms with Crippen LogP contribution in [0.15, 0.2) is 54.7 Å². The topological polar surface area (TPSA) is 442 Å². The Morgan fingerprint density at radius 2 is 1.19 bits per heavy atom. The van der Waals surface area contributed by atoms with Crippen molar-refractivity contribution in [1.82, 2.24) is 58.4 Å². The first-order chi connectivity index (χ1) is 46.5. The molecule has 28 nitrogen and oxygen atoms in total. The first kappa shape index (κ1) is 81.6. The van der Waals surface area contributed by atoms with Crippen molar-refractivity contribution in [3.05, 3.63) is 65.9 Å². The second-order valence-corrected chi connectivity index (χ2v) is 26.5. The lowest BCUT2D eigenvalue weighted by molar-refractivity contribution is -0.140. The van der Waals surface area contributed by atoms with Gasteiger partial charge in [-0.05, 0) is 147 Å². The molecule has 2 heterocycles. The van der Waals surface area contributed by atoms with E-state index in [1.54, 1.807) is 19.2 Å². The van der Waals surface area contributed by atoms with Crippen LogP contribution in [0.3, 0.4) is 0 Å². The van der Waals surface area contributed by atoms with E-state index in [0.29, 0.717) is 30.4 Å². The number of aromatic nitrogens is 1. The van der Waals surface area contributed by atoms with Gasteiger partial charge in [0.05, 0.1) is 29.6 Å². The van der Waals surface area contributed by atoms with Crippen LogP contribution in [0.2, 0.25) is 0 Å². The molecule has 0 bridgehead atoms. The molecule has 28 heteroatoms. The van der Waals surface area contributed by atoms with Gasteiger partial charge in [0, 0.05) is 68.0 Å². The number of para-hydroxylation sites is 1. The Labute approximate surface area is 577 Å². The third-order valence-electron chi connectivity index (χ3n) is 17.1. The number of carbonyl (C=O) groups is 14. The summed E-state index contributed by atoms with van der Waals surface area (Å²) in [6.45, 7) is 16.1. The van der Waals surface area contributed by atoms with Gasteiger partial charge in [-0.25, -0.2) is 10.9 Å². The number of H-pyrrole nitrogens is 1. The highest BCUT2D eigenvalue weighted by Gasteiger charge is 2.41. The fourth-order valence-corrected chi connectivity index (χ4v) is 11.0. The standard InChI is InChI=1S/C71H98N12O16/c1-40(2)35-49-27-31-57(86)55(37-50-39-73-53-24-20-19-23-52(50)53)78-67(97)56(36-48-25-28-51(85)29-26-48)79-66(96)54(30-32-58(87)88)80-68(98)70(10,38-41(3)84)33-21-17-15-13-12-14-16-18-22-34-71(11,81-65(49)95)69(99)77-47(9)64(94)76-46(8)63(93)75-45(7)62(92)74-42(4)59(89)60(90)43(5)82-83-44(6)61(72)91/h19-20,23-26,28-29,39-40,42-47,49,54-56,73,82-83,85H,15,17-18,21-22,27,30-38H2,1-11H3,(H2,72,91)(H,74,92)(H,75,93)(H,76,94)(H,77,99)(H,78,97)(H,79,96)(H,80,98)(H,81,95)(H,87,88)/t42-,43-,44+,45?,46-,47?,49-,54-,55-,56?,70-,71-/m0/s1. The number of aromatic amines is 1. The second kappa shape index (κ2) is 39.0. The number of aromatic hydroxyl groups is 1. The number of hydrogen-bond donors (Lipinski definition) is 14. The predicted octanol–water partition coefficient (Wildman–Crippen LogP) is 2.11. The fraction of sp³-hybridized carbons (Fsp3) is 0.549. The number of nitrogens with one attached hydrogen (secondary N) is 11. The summed E-state index contributed by atoms with van der Waals surface area (Å²) in [4.78, 5) is 193. The molecular formula is C71H98N12O16. The normalized spacial score (nSPS) is 22.1. The summed E-state index contributed by atoms with van der Waals surface area (Å²) in [6.07, 6.45) is 1.81. The molecule has 0 radical (unpaired) electrons. The van der Waals surface area contributed by atoms with Crippen molar-refractivity contribution in [3.63, 3.8) is 0 Å². The molecule has 3 aromatic rings. The van der Waals surface area contributed by atoms with E-state index in [0.717, 1.165) is 10.9 Å². The molecule has 1 aliphatic heterocycles. The number of carboxylic acids is 1. The molecule has 1 aromatic heterocycles. The van der Waals surface area contributed by atoms with Crippen LogP contribution in [0.25, 0.3) is 10.9 Å². The number of carbonyl (C=O) groups excluding carboxylic acids is 13. The lowest BCUT2D eigenvalue weighted by Gasteiger charge is -2.33. The minimum Gasteiger partial charge on any atom is -0.508 e. The number of benzene rings is 2. The third kappa shape index (κ3) is 26.5. The highest BCUT2D eigenvalue weighted by Crippen LogP contribution is 2.31. The molecule has 2 aromatic carbocycles. The zero-order valence-electron chi connectivity index (χ0n) is 58.3. The highest BCUT2D eigenvalue weighted by atomic mass is 16.4. The van der Waals surface area contributed by atoms with E-state index in [1.165, 1.54) is 79.7 Å². The molecule has 1 aliphatic rings. The number of fused-ring (bicyclic) bond motifs is 1. The smallest absolute Gasteiger partial charge is 0.303 e. The van der Waals surface area contributed by atoms with Gasteiger partial charge in [0.1, 0.15) is 47.3 Å². The van der Waals surface area contributed by atoms with Gasteiger partial charge in [0.25, 0.3) is 0 Å². The Kier molecular flexibility index (Phi) is 32.1. The van der Waals surface area contributed by atoms with Gasteiger partial charge in [-0.3, -0.25) is 67.1 Å². The molecule has 15 N–H and O–H groups in total. The van der Waals surface area contributed by atoms with E-state index in [4.69, 9.17) is 5.73 Å². The third-order valence-corrected chi connectivity index (χ3v) is 17.1. The lowest BCUT2D eigenvalue weighted by atomic mass is 9.79. The lowest BCUT2D eigenvalue weighted by Crippen LogP contribution is -2.61. The van der Waals surface area contributed by atoms with Crippen LogP contribution < -0.4 is 59.1 Å². The first-order valence-corrected chi connectivity index (χ1v) is 33.4. The number of hydrogen-bond acceptors (Lipinski definition) is 17. The molecule has 0 aliphatic carbocycles. The Balaban J connectivity index is 1.67. The maximum absolute atomic E-state index is 15.0. The number of amides is 9. The van der Waals surface area contributed by atoms with Gasteiger partial charge >= 0.3 is 5.97 Å². The number of phenolic OH excluding ortho intramolecular Hbond substituents is 1. The number of nitrogens with two attached hydrogens (primary N) is 1. The predicted molar refractivity (Wildman–Crippen MR) is 366 cm³/mol. The Morgan fingerprint density at radius 3 is 1.79 bits per heavy atom. The summed E-state index contributed by atoms with van der Waals surface area (Å²) in [6, 6.07) is 1.52. The molecule has 0 saturated heterocycles. The Bertz CT molecular complexity index is 3570. The van der Waals surface area contributed by atoms with Crippen LogP contribution >= 0.6 is 0 Å². The van der Waals surface area contributed by atoms with Gasteiger partial charge in [0.15, 0.2) is 5.78 Å². The summed E-state index contributed by atoms with van der Waals surface area (Å²) < 4.78 is 0. The van der Waals surface area contributed by atoms with E-state index in [9.17, 15) is 77.3 Å². The maximum Gasteiger partial charge on any atom is 0.303 e. The van der Waals surface area contributed by atoms with Crippen molar-refractivity contribution in [2.24, 2.45) is 23.0 Å². The number of phenols is 1. The van der Waals surface area contributed by atoms with E-state index >= 15 is 0 Å². The number of primary amides is 1. The Hall–Kier alpha value is -9.80. The summed E-state index contributed by atoms with van der Waals surface area (Å²) >= 11 is 0. The molecule has 4 rings (SSSR count). The van der Waals surface area contributed by atoms with Crippen LogP contribution in [0.1, 0.15) is 171 Å². The van der Waals surface area contributed by atoms with Gasteiger partial charge in [-0.2, -0.15) is 0 Å². The average molecular weight is 1380 g/mol. The maximum atomic E-state index is 15.0. The zero-order chi connectivity index (χ0) is 73.9. The first-order valence-electron chi connectivity index (χ1n) is 33.4.